The lowest BCUT2D eigenvalue weighted by Crippen LogP contribution is -2.31. The first-order chi connectivity index (χ1) is 8.33. The molecule has 0 radical (unpaired) electrons. The summed E-state index contributed by atoms with van der Waals surface area (Å²) in [4.78, 5) is 15.0. The largest absolute Gasteiger partial charge is 0.464 e. The van der Waals surface area contributed by atoms with Crippen LogP contribution < -0.4 is 15.0 Å². The summed E-state index contributed by atoms with van der Waals surface area (Å²) in [7, 11) is 1.80. The van der Waals surface area contributed by atoms with Gasteiger partial charge in [0.25, 0.3) is 0 Å². The minimum atomic E-state index is 0.396. The molecular formula is C11H19N5O. The van der Waals surface area contributed by atoms with Crippen molar-refractivity contribution in [2.75, 3.05) is 37.0 Å². The molecule has 1 aromatic rings. The number of hydrogen-bond donors (Lipinski definition) is 1. The minimum Gasteiger partial charge on any atom is -0.464 e. The van der Waals surface area contributed by atoms with E-state index in [4.69, 9.17) is 4.74 Å². The fourth-order valence-electron chi connectivity index (χ4n) is 1.89. The molecular weight excluding hydrogens is 218 g/mol. The molecule has 17 heavy (non-hydrogen) atoms. The van der Waals surface area contributed by atoms with E-state index in [1.807, 2.05) is 6.92 Å². The van der Waals surface area contributed by atoms with Crippen molar-refractivity contribution in [1.29, 1.82) is 0 Å². The van der Waals surface area contributed by atoms with Crippen LogP contribution in [0, 0.1) is 0 Å². The monoisotopic (exact) mass is 237 g/mol. The van der Waals surface area contributed by atoms with Crippen LogP contribution in [0.3, 0.4) is 0 Å². The average Bonchev–Trinajstić information content (AvgIpc) is 2.40. The molecule has 6 heteroatoms. The van der Waals surface area contributed by atoms with Crippen LogP contribution in [0.15, 0.2) is 0 Å². The molecule has 94 valence electrons. The Hall–Kier alpha value is -1.59. The molecule has 0 amide bonds. The zero-order valence-corrected chi connectivity index (χ0v) is 10.4. The molecule has 1 aliphatic rings. The third-order valence-corrected chi connectivity index (χ3v) is 2.74. The van der Waals surface area contributed by atoms with E-state index in [0.717, 1.165) is 13.1 Å². The van der Waals surface area contributed by atoms with Crippen LogP contribution in [0.4, 0.5) is 11.9 Å². The third kappa shape index (κ3) is 2.95. The Labute approximate surface area is 101 Å². The molecule has 2 rings (SSSR count). The van der Waals surface area contributed by atoms with Gasteiger partial charge in [-0.15, -0.1) is 0 Å². The maximum atomic E-state index is 5.35. The predicted octanol–water partition coefficient (Wildman–Crippen LogP) is 1.30. The van der Waals surface area contributed by atoms with Crippen molar-refractivity contribution in [3.8, 4) is 6.01 Å². The van der Waals surface area contributed by atoms with E-state index < -0.39 is 0 Å². The first-order valence-electron chi connectivity index (χ1n) is 6.15. The van der Waals surface area contributed by atoms with Gasteiger partial charge in [-0.3, -0.25) is 0 Å². The van der Waals surface area contributed by atoms with Crippen molar-refractivity contribution < 1.29 is 4.74 Å². The van der Waals surface area contributed by atoms with Gasteiger partial charge in [0.1, 0.15) is 0 Å². The number of aromatic nitrogens is 3. The van der Waals surface area contributed by atoms with E-state index in [0.29, 0.717) is 24.5 Å². The first kappa shape index (κ1) is 11.9. The standard InChI is InChI=1S/C11H19N5O/c1-3-17-11-14-9(12-2)13-10(15-11)16-7-5-4-6-8-16/h3-8H2,1-2H3,(H,12,13,14,15). The van der Waals surface area contributed by atoms with E-state index in [-0.39, 0.29) is 0 Å². The van der Waals surface area contributed by atoms with E-state index in [1.165, 1.54) is 19.3 Å². The number of hydrogen-bond acceptors (Lipinski definition) is 6. The van der Waals surface area contributed by atoms with E-state index in [1.54, 1.807) is 7.05 Å². The van der Waals surface area contributed by atoms with Gasteiger partial charge in [-0.05, 0) is 26.2 Å². The molecule has 0 atom stereocenters. The summed E-state index contributed by atoms with van der Waals surface area (Å²) >= 11 is 0. The summed E-state index contributed by atoms with van der Waals surface area (Å²) in [5.41, 5.74) is 0. The third-order valence-electron chi connectivity index (χ3n) is 2.74. The highest BCUT2D eigenvalue weighted by Crippen LogP contribution is 2.18. The molecule has 0 aliphatic carbocycles. The quantitative estimate of drug-likeness (QED) is 0.851. The Bertz CT molecular complexity index is 365. The number of piperidine rings is 1. The van der Waals surface area contributed by atoms with E-state index >= 15 is 0 Å². The number of nitrogens with one attached hydrogen (secondary N) is 1. The molecule has 6 nitrogen and oxygen atoms in total. The SMILES string of the molecule is CCOc1nc(NC)nc(N2CCCCC2)n1. The van der Waals surface area contributed by atoms with Crippen LogP contribution in [0.2, 0.25) is 0 Å². The highest BCUT2D eigenvalue weighted by molar-refractivity contribution is 5.38. The maximum Gasteiger partial charge on any atom is 0.323 e. The summed E-state index contributed by atoms with van der Waals surface area (Å²) in [6.45, 7) is 4.51. The lowest BCUT2D eigenvalue weighted by Gasteiger charge is -2.26. The topological polar surface area (TPSA) is 63.2 Å². The zero-order chi connectivity index (χ0) is 12.1. The molecule has 0 aromatic carbocycles. The van der Waals surface area contributed by atoms with Crippen LogP contribution in [0.1, 0.15) is 26.2 Å². The van der Waals surface area contributed by atoms with E-state index in [2.05, 4.69) is 25.2 Å². The van der Waals surface area contributed by atoms with Crippen LogP contribution in [-0.4, -0.2) is 41.7 Å². The lowest BCUT2D eigenvalue weighted by atomic mass is 10.1. The molecule has 0 saturated carbocycles. The van der Waals surface area contributed by atoms with Crippen molar-refractivity contribution in [3.63, 3.8) is 0 Å². The second-order valence-corrected chi connectivity index (χ2v) is 3.97. The van der Waals surface area contributed by atoms with Gasteiger partial charge < -0.3 is 15.0 Å². The van der Waals surface area contributed by atoms with Gasteiger partial charge >= 0.3 is 6.01 Å². The fraction of sp³-hybridized carbons (Fsp3) is 0.727. The van der Waals surface area contributed by atoms with Gasteiger partial charge in [-0.25, -0.2) is 0 Å². The minimum absolute atomic E-state index is 0.396. The van der Waals surface area contributed by atoms with Gasteiger partial charge in [0, 0.05) is 20.1 Å². The first-order valence-corrected chi connectivity index (χ1v) is 6.15. The van der Waals surface area contributed by atoms with Gasteiger partial charge in [0.15, 0.2) is 0 Å². The number of rotatable bonds is 4. The number of anilines is 2. The molecule has 1 aliphatic heterocycles. The Balaban J connectivity index is 2.21. The van der Waals surface area contributed by atoms with Crippen molar-refractivity contribution >= 4 is 11.9 Å². The van der Waals surface area contributed by atoms with Crippen molar-refractivity contribution in [2.45, 2.75) is 26.2 Å². The Morgan fingerprint density at radius 1 is 1.18 bits per heavy atom. The van der Waals surface area contributed by atoms with Gasteiger partial charge in [-0.2, -0.15) is 15.0 Å². The maximum absolute atomic E-state index is 5.35. The summed E-state index contributed by atoms with van der Waals surface area (Å²) in [5.74, 6) is 1.27. The molecule has 0 unspecified atom stereocenters. The Morgan fingerprint density at radius 3 is 2.59 bits per heavy atom. The normalized spacial score (nSPS) is 15.8. The molecule has 1 aromatic heterocycles. The summed E-state index contributed by atoms with van der Waals surface area (Å²) in [6, 6.07) is 0.396. The van der Waals surface area contributed by atoms with Crippen molar-refractivity contribution in [3.05, 3.63) is 0 Å². The molecule has 0 bridgehead atoms. The Morgan fingerprint density at radius 2 is 1.94 bits per heavy atom. The van der Waals surface area contributed by atoms with Gasteiger partial charge in [0.05, 0.1) is 6.61 Å². The second-order valence-electron chi connectivity index (χ2n) is 3.97. The zero-order valence-electron chi connectivity index (χ0n) is 10.4. The summed E-state index contributed by atoms with van der Waals surface area (Å²) in [5, 5.41) is 2.94. The van der Waals surface area contributed by atoms with Crippen LogP contribution >= 0.6 is 0 Å². The number of nitrogens with zero attached hydrogens (tertiary/aromatic N) is 4. The van der Waals surface area contributed by atoms with E-state index in [9.17, 15) is 0 Å². The fourth-order valence-corrected chi connectivity index (χ4v) is 1.89. The average molecular weight is 237 g/mol. The molecule has 0 spiro atoms. The highest BCUT2D eigenvalue weighted by Gasteiger charge is 2.16. The number of ether oxygens (including phenoxy) is 1. The summed E-state index contributed by atoms with van der Waals surface area (Å²) in [6.07, 6.45) is 3.69. The molecule has 2 heterocycles. The second kappa shape index (κ2) is 5.65. The van der Waals surface area contributed by atoms with Crippen molar-refractivity contribution in [2.24, 2.45) is 0 Å². The lowest BCUT2D eigenvalue weighted by molar-refractivity contribution is 0.311. The smallest absolute Gasteiger partial charge is 0.323 e. The highest BCUT2D eigenvalue weighted by atomic mass is 16.5. The van der Waals surface area contributed by atoms with Crippen molar-refractivity contribution in [1.82, 2.24) is 15.0 Å². The molecule has 1 saturated heterocycles. The van der Waals surface area contributed by atoms with Crippen LogP contribution in [0.5, 0.6) is 6.01 Å². The van der Waals surface area contributed by atoms with Crippen LogP contribution in [-0.2, 0) is 0 Å². The van der Waals surface area contributed by atoms with Crippen LogP contribution in [0.25, 0.3) is 0 Å². The summed E-state index contributed by atoms with van der Waals surface area (Å²) < 4.78 is 5.35. The Kier molecular flexibility index (Phi) is 3.95. The molecule has 1 fully saturated rings. The predicted molar refractivity (Wildman–Crippen MR) is 66.6 cm³/mol. The van der Waals surface area contributed by atoms with Gasteiger partial charge in [-0.1, -0.05) is 0 Å². The molecule has 1 N–H and O–H groups in total. The van der Waals surface area contributed by atoms with Gasteiger partial charge in [0.2, 0.25) is 11.9 Å².